The van der Waals surface area contributed by atoms with Crippen molar-refractivity contribution in [3.05, 3.63) is 57.5 Å². The van der Waals surface area contributed by atoms with Crippen molar-refractivity contribution in [3.63, 3.8) is 0 Å². The van der Waals surface area contributed by atoms with Crippen LogP contribution >= 0.6 is 11.3 Å². The van der Waals surface area contributed by atoms with Crippen molar-refractivity contribution >= 4 is 23.2 Å². The number of nitrogens with zero attached hydrogens (tertiary/aromatic N) is 2. The van der Waals surface area contributed by atoms with Crippen molar-refractivity contribution < 1.29 is 9.18 Å². The molecule has 5 nitrogen and oxygen atoms in total. The highest BCUT2D eigenvalue weighted by Crippen LogP contribution is 2.10. The number of hydrogen-bond acceptors (Lipinski definition) is 3. The smallest absolute Gasteiger partial charge is 0.243 e. The Kier molecular flexibility index (Phi) is 8.26. The lowest BCUT2D eigenvalue weighted by Crippen LogP contribution is -2.40. The summed E-state index contributed by atoms with van der Waals surface area (Å²) in [5, 5.41) is 8.60. The van der Waals surface area contributed by atoms with Crippen LogP contribution in [-0.4, -0.2) is 50.5 Å². The molecular formula is C20H27FN4OS. The van der Waals surface area contributed by atoms with Gasteiger partial charge in [-0.2, -0.15) is 0 Å². The molecule has 0 radical (unpaired) electrons. The largest absolute Gasteiger partial charge is 0.356 e. The van der Waals surface area contributed by atoms with Crippen LogP contribution < -0.4 is 10.6 Å². The Balaban J connectivity index is 1.89. The van der Waals surface area contributed by atoms with E-state index >= 15 is 0 Å². The number of amides is 1. The highest BCUT2D eigenvalue weighted by Gasteiger charge is 2.06. The first-order valence-electron chi connectivity index (χ1n) is 8.95. The van der Waals surface area contributed by atoms with Gasteiger partial charge in [0.15, 0.2) is 5.96 Å². The molecule has 27 heavy (non-hydrogen) atoms. The Morgan fingerprint density at radius 3 is 2.56 bits per heavy atom. The van der Waals surface area contributed by atoms with E-state index in [0.717, 1.165) is 30.5 Å². The van der Waals surface area contributed by atoms with Crippen molar-refractivity contribution in [3.8, 4) is 0 Å². The number of halogens is 1. The zero-order valence-electron chi connectivity index (χ0n) is 16.1. The van der Waals surface area contributed by atoms with Gasteiger partial charge in [-0.05, 0) is 54.5 Å². The van der Waals surface area contributed by atoms with Crippen LogP contribution in [0.5, 0.6) is 0 Å². The highest BCUT2D eigenvalue weighted by molar-refractivity contribution is 7.09. The number of carbonyl (C=O) groups is 1. The fourth-order valence-electron chi connectivity index (χ4n) is 2.48. The fraction of sp³-hybridized carbons (Fsp3) is 0.400. The quantitative estimate of drug-likeness (QED) is 0.538. The van der Waals surface area contributed by atoms with Gasteiger partial charge in [-0.25, -0.2) is 9.38 Å². The average molecular weight is 391 g/mol. The van der Waals surface area contributed by atoms with E-state index in [9.17, 15) is 9.18 Å². The average Bonchev–Trinajstić information content (AvgIpc) is 3.14. The fourth-order valence-corrected chi connectivity index (χ4v) is 3.19. The van der Waals surface area contributed by atoms with Gasteiger partial charge in [-0.1, -0.05) is 12.1 Å². The van der Waals surface area contributed by atoms with Gasteiger partial charge in [-0.3, -0.25) is 4.79 Å². The van der Waals surface area contributed by atoms with Gasteiger partial charge >= 0.3 is 0 Å². The molecule has 0 unspecified atom stereocenters. The minimum Gasteiger partial charge on any atom is -0.356 e. The molecule has 2 N–H and O–H groups in total. The third-order valence-electron chi connectivity index (χ3n) is 4.11. The van der Waals surface area contributed by atoms with Crippen LogP contribution in [0.2, 0.25) is 0 Å². The predicted octanol–water partition coefficient (Wildman–Crippen LogP) is 2.60. The van der Waals surface area contributed by atoms with E-state index in [1.807, 2.05) is 19.1 Å². The standard InChI is InChI=1S/C20H27FN4OS/c1-15-13-17(21)7-6-16(15)8-10-22-20(24-14-19(26)25(2)3)23-11-9-18-5-4-12-27-18/h4-7,12-13H,8-11,14H2,1-3H3,(H2,22,23,24). The minimum atomic E-state index is -0.219. The number of guanidine groups is 1. The number of benzene rings is 1. The summed E-state index contributed by atoms with van der Waals surface area (Å²) in [6.45, 7) is 3.38. The first kappa shape index (κ1) is 20.9. The molecule has 1 heterocycles. The van der Waals surface area contributed by atoms with Gasteiger partial charge in [0.05, 0.1) is 0 Å². The zero-order chi connectivity index (χ0) is 19.6. The van der Waals surface area contributed by atoms with Gasteiger partial charge in [0.25, 0.3) is 0 Å². The predicted molar refractivity (Wildman–Crippen MR) is 110 cm³/mol. The molecule has 2 rings (SSSR count). The van der Waals surface area contributed by atoms with Crippen LogP contribution in [0, 0.1) is 12.7 Å². The van der Waals surface area contributed by atoms with Crippen molar-refractivity contribution in [2.24, 2.45) is 4.99 Å². The maximum absolute atomic E-state index is 13.2. The highest BCUT2D eigenvalue weighted by atomic mass is 32.1. The van der Waals surface area contributed by atoms with Crippen molar-refractivity contribution in [2.45, 2.75) is 19.8 Å². The van der Waals surface area contributed by atoms with Gasteiger partial charge in [0, 0.05) is 32.1 Å². The zero-order valence-corrected chi connectivity index (χ0v) is 16.9. The molecule has 0 fully saturated rings. The maximum atomic E-state index is 13.2. The molecule has 2 aromatic rings. The van der Waals surface area contributed by atoms with Crippen LogP contribution in [0.3, 0.4) is 0 Å². The summed E-state index contributed by atoms with van der Waals surface area (Å²) >= 11 is 1.72. The molecular weight excluding hydrogens is 363 g/mol. The molecule has 146 valence electrons. The second-order valence-electron chi connectivity index (χ2n) is 6.46. The number of nitrogens with one attached hydrogen (secondary N) is 2. The summed E-state index contributed by atoms with van der Waals surface area (Å²) in [5.41, 5.74) is 2.02. The van der Waals surface area contributed by atoms with E-state index < -0.39 is 0 Å². The Morgan fingerprint density at radius 1 is 1.19 bits per heavy atom. The molecule has 0 aliphatic rings. The summed E-state index contributed by atoms with van der Waals surface area (Å²) in [5.74, 6) is 0.342. The van der Waals surface area contributed by atoms with E-state index in [2.05, 4.69) is 27.1 Å². The van der Waals surface area contributed by atoms with Crippen LogP contribution in [0.4, 0.5) is 4.39 Å². The first-order chi connectivity index (χ1) is 13.0. The number of thiophene rings is 1. The summed E-state index contributed by atoms with van der Waals surface area (Å²) in [6, 6.07) is 8.96. The molecule has 0 saturated heterocycles. The Bertz CT molecular complexity index is 759. The topological polar surface area (TPSA) is 56.7 Å². The van der Waals surface area contributed by atoms with Gasteiger partial charge in [0.1, 0.15) is 12.4 Å². The summed E-state index contributed by atoms with van der Waals surface area (Å²) in [6.07, 6.45) is 1.65. The van der Waals surface area contributed by atoms with E-state index in [-0.39, 0.29) is 18.3 Å². The van der Waals surface area contributed by atoms with Crippen LogP contribution in [0.1, 0.15) is 16.0 Å². The molecule has 0 aliphatic heterocycles. The monoisotopic (exact) mass is 390 g/mol. The van der Waals surface area contributed by atoms with Gasteiger partial charge < -0.3 is 15.5 Å². The van der Waals surface area contributed by atoms with E-state index in [0.29, 0.717) is 12.5 Å². The molecule has 0 aliphatic carbocycles. The molecule has 1 amide bonds. The van der Waals surface area contributed by atoms with Crippen LogP contribution in [-0.2, 0) is 17.6 Å². The van der Waals surface area contributed by atoms with E-state index in [1.165, 1.54) is 15.8 Å². The number of aryl methyl sites for hydroxylation is 1. The third-order valence-corrected chi connectivity index (χ3v) is 5.04. The number of carbonyl (C=O) groups excluding carboxylic acids is 1. The molecule has 0 atom stereocenters. The van der Waals surface area contributed by atoms with Crippen LogP contribution in [0.25, 0.3) is 0 Å². The first-order valence-corrected chi connectivity index (χ1v) is 9.83. The SMILES string of the molecule is Cc1cc(F)ccc1CCNC(=NCC(=O)N(C)C)NCCc1cccs1. The maximum Gasteiger partial charge on any atom is 0.243 e. The van der Waals surface area contributed by atoms with Crippen molar-refractivity contribution in [2.75, 3.05) is 33.7 Å². The Morgan fingerprint density at radius 2 is 1.93 bits per heavy atom. The number of likely N-dealkylation sites (N-methyl/N-ethyl adjacent to an activating group) is 1. The van der Waals surface area contributed by atoms with E-state index in [4.69, 9.17) is 0 Å². The number of aliphatic imine (C=N–C) groups is 1. The Labute approximate surface area is 164 Å². The number of hydrogen-bond donors (Lipinski definition) is 2. The van der Waals surface area contributed by atoms with Crippen LogP contribution in [0.15, 0.2) is 40.7 Å². The van der Waals surface area contributed by atoms with Gasteiger partial charge in [-0.15, -0.1) is 11.3 Å². The van der Waals surface area contributed by atoms with E-state index in [1.54, 1.807) is 31.5 Å². The normalized spacial score (nSPS) is 11.3. The lowest BCUT2D eigenvalue weighted by molar-refractivity contribution is -0.127. The second-order valence-corrected chi connectivity index (χ2v) is 7.49. The van der Waals surface area contributed by atoms with Crippen molar-refractivity contribution in [1.82, 2.24) is 15.5 Å². The molecule has 7 heteroatoms. The lowest BCUT2D eigenvalue weighted by Gasteiger charge is -2.14. The molecule has 1 aromatic carbocycles. The van der Waals surface area contributed by atoms with Crippen molar-refractivity contribution in [1.29, 1.82) is 0 Å². The van der Waals surface area contributed by atoms with Gasteiger partial charge in [0.2, 0.25) is 5.91 Å². The lowest BCUT2D eigenvalue weighted by atomic mass is 10.1. The second kappa shape index (κ2) is 10.7. The molecule has 1 aromatic heterocycles. The molecule has 0 saturated carbocycles. The summed E-state index contributed by atoms with van der Waals surface area (Å²) in [7, 11) is 3.43. The third kappa shape index (κ3) is 7.38. The number of rotatable bonds is 8. The molecule has 0 bridgehead atoms. The Hall–Kier alpha value is -2.41. The minimum absolute atomic E-state index is 0.0521. The summed E-state index contributed by atoms with van der Waals surface area (Å²) < 4.78 is 13.2. The molecule has 0 spiro atoms. The summed E-state index contributed by atoms with van der Waals surface area (Å²) in [4.78, 5) is 19.0.